The van der Waals surface area contributed by atoms with Crippen molar-refractivity contribution in [3.8, 4) is 0 Å². The third kappa shape index (κ3) is 7.82. The highest BCUT2D eigenvalue weighted by Crippen LogP contribution is 2.39. The van der Waals surface area contributed by atoms with Crippen molar-refractivity contribution in [3.05, 3.63) is 0 Å². The molecule has 2 aliphatic rings. The molecule has 3 N–H and O–H groups in total. The predicted molar refractivity (Wildman–Crippen MR) is 109 cm³/mol. The maximum atomic E-state index is 12.3. The highest BCUT2D eigenvalue weighted by atomic mass is 16.4. The quantitative estimate of drug-likeness (QED) is 0.399. The molecule has 5 heteroatoms. The molecule has 162 valence electrons. The molecular formula is C23H40O5. The van der Waals surface area contributed by atoms with Gasteiger partial charge in [0.15, 0.2) is 0 Å². The van der Waals surface area contributed by atoms with Crippen LogP contribution in [0.25, 0.3) is 0 Å². The molecule has 2 aliphatic carbocycles. The second-order valence-electron chi connectivity index (χ2n) is 9.58. The minimum absolute atomic E-state index is 0.0375. The second kappa shape index (κ2) is 11.3. The van der Waals surface area contributed by atoms with E-state index in [9.17, 15) is 19.8 Å². The summed E-state index contributed by atoms with van der Waals surface area (Å²) in [5.74, 6) is 0.0337. The Morgan fingerprint density at radius 1 is 1.04 bits per heavy atom. The number of Topliss-reactive ketones (excluding diaryl/α,β-unsaturated/α-hetero) is 1. The van der Waals surface area contributed by atoms with Crippen LogP contribution in [0.3, 0.4) is 0 Å². The maximum Gasteiger partial charge on any atom is 0.303 e. The van der Waals surface area contributed by atoms with Gasteiger partial charge in [-0.15, -0.1) is 0 Å². The Morgan fingerprint density at radius 2 is 1.68 bits per heavy atom. The van der Waals surface area contributed by atoms with Crippen molar-refractivity contribution in [3.63, 3.8) is 0 Å². The van der Waals surface area contributed by atoms with Crippen LogP contribution in [0, 0.1) is 17.8 Å². The van der Waals surface area contributed by atoms with Crippen LogP contribution >= 0.6 is 0 Å². The normalized spacial score (nSPS) is 28.0. The van der Waals surface area contributed by atoms with Gasteiger partial charge in [-0.25, -0.2) is 0 Å². The average Bonchev–Trinajstić information content (AvgIpc) is 3.22. The van der Waals surface area contributed by atoms with Crippen LogP contribution in [0.4, 0.5) is 0 Å². The number of rotatable bonds is 13. The summed E-state index contributed by atoms with van der Waals surface area (Å²) in [5, 5.41) is 29.8. The van der Waals surface area contributed by atoms with Crippen LogP contribution in [-0.4, -0.2) is 38.8 Å². The number of aliphatic hydroxyl groups excluding tert-OH is 1. The van der Waals surface area contributed by atoms with Gasteiger partial charge in [-0.05, 0) is 57.3 Å². The molecule has 0 aromatic rings. The van der Waals surface area contributed by atoms with Crippen LogP contribution in [0.5, 0.6) is 0 Å². The molecule has 0 amide bonds. The van der Waals surface area contributed by atoms with E-state index in [1.807, 2.05) is 6.92 Å². The lowest BCUT2D eigenvalue weighted by atomic mass is 9.81. The van der Waals surface area contributed by atoms with E-state index in [0.717, 1.165) is 44.4 Å². The topological polar surface area (TPSA) is 94.8 Å². The summed E-state index contributed by atoms with van der Waals surface area (Å²) < 4.78 is 0. The molecule has 0 aliphatic heterocycles. The molecule has 28 heavy (non-hydrogen) atoms. The maximum absolute atomic E-state index is 12.3. The minimum atomic E-state index is -0.755. The summed E-state index contributed by atoms with van der Waals surface area (Å²) in [6, 6.07) is 0. The van der Waals surface area contributed by atoms with Gasteiger partial charge in [-0.3, -0.25) is 9.59 Å². The molecular weight excluding hydrogens is 356 g/mol. The predicted octanol–water partition coefficient (Wildman–Crippen LogP) is 4.48. The minimum Gasteiger partial charge on any atom is -0.481 e. The van der Waals surface area contributed by atoms with E-state index < -0.39 is 17.7 Å². The van der Waals surface area contributed by atoms with Gasteiger partial charge in [-0.2, -0.15) is 0 Å². The van der Waals surface area contributed by atoms with Crippen LogP contribution < -0.4 is 0 Å². The zero-order valence-corrected chi connectivity index (χ0v) is 17.6. The Kier molecular flexibility index (Phi) is 9.42. The first-order chi connectivity index (χ1) is 13.3. The molecule has 2 fully saturated rings. The highest BCUT2D eigenvalue weighted by Gasteiger charge is 2.41. The zero-order valence-electron chi connectivity index (χ0n) is 17.6. The number of carboxylic acids is 1. The van der Waals surface area contributed by atoms with Crippen molar-refractivity contribution in [2.75, 3.05) is 0 Å². The highest BCUT2D eigenvalue weighted by molar-refractivity contribution is 5.84. The number of hydrogen-bond donors (Lipinski definition) is 3. The number of carboxylic acid groups (broad SMARTS) is 1. The van der Waals surface area contributed by atoms with Gasteiger partial charge in [0.05, 0.1) is 11.7 Å². The van der Waals surface area contributed by atoms with Crippen LogP contribution in [0.1, 0.15) is 103 Å². The van der Waals surface area contributed by atoms with Crippen molar-refractivity contribution >= 4 is 11.8 Å². The Balaban J connectivity index is 1.72. The first kappa shape index (κ1) is 23.3. The molecule has 0 spiro atoms. The summed E-state index contributed by atoms with van der Waals surface area (Å²) in [6.07, 6.45) is 12.5. The van der Waals surface area contributed by atoms with Crippen molar-refractivity contribution in [1.29, 1.82) is 0 Å². The standard InChI is InChI=1S/C23H40O5/c1-23(28,14-12-17-8-6-7-9-17)15-13-19-18(20(24)16-21(19)25)10-4-2-3-5-11-22(26)27/h17-19,21,25,28H,2-16H2,1H3,(H,26,27)/t18-,19-,21-,23?/m1/s1. The van der Waals surface area contributed by atoms with Gasteiger partial charge < -0.3 is 15.3 Å². The first-order valence-electron chi connectivity index (χ1n) is 11.4. The summed E-state index contributed by atoms with van der Waals surface area (Å²) in [5.41, 5.74) is -0.713. The molecule has 0 saturated heterocycles. The van der Waals surface area contributed by atoms with Crippen molar-refractivity contribution < 1.29 is 24.9 Å². The van der Waals surface area contributed by atoms with Crippen molar-refractivity contribution in [2.24, 2.45) is 17.8 Å². The summed E-state index contributed by atoms with van der Waals surface area (Å²) in [4.78, 5) is 22.9. The van der Waals surface area contributed by atoms with E-state index in [1.54, 1.807) is 0 Å². The lowest BCUT2D eigenvalue weighted by Crippen LogP contribution is -2.29. The molecule has 1 unspecified atom stereocenters. The van der Waals surface area contributed by atoms with Gasteiger partial charge in [0, 0.05) is 18.8 Å². The summed E-state index contributed by atoms with van der Waals surface area (Å²) in [7, 11) is 0. The largest absolute Gasteiger partial charge is 0.481 e. The number of carbonyl (C=O) groups excluding carboxylic acids is 1. The van der Waals surface area contributed by atoms with E-state index in [1.165, 1.54) is 25.7 Å². The van der Waals surface area contributed by atoms with Crippen molar-refractivity contribution in [1.82, 2.24) is 0 Å². The average molecular weight is 397 g/mol. The zero-order chi connectivity index (χ0) is 20.6. The smallest absolute Gasteiger partial charge is 0.303 e. The first-order valence-corrected chi connectivity index (χ1v) is 11.4. The third-order valence-electron chi connectivity index (χ3n) is 7.07. The summed E-state index contributed by atoms with van der Waals surface area (Å²) >= 11 is 0. The molecule has 0 bridgehead atoms. The molecule has 4 atom stereocenters. The SMILES string of the molecule is CC(O)(CCC1CCCC1)CC[C@H]1[C@H](O)CC(=O)[C@@H]1CCCCCCC(=O)O. The van der Waals surface area contributed by atoms with Crippen LogP contribution in [0.15, 0.2) is 0 Å². The molecule has 2 saturated carbocycles. The fraction of sp³-hybridized carbons (Fsp3) is 0.913. The number of ketones is 1. The van der Waals surface area contributed by atoms with Gasteiger partial charge in [0.25, 0.3) is 0 Å². The molecule has 0 aromatic heterocycles. The van der Waals surface area contributed by atoms with Crippen molar-refractivity contribution in [2.45, 2.75) is 115 Å². The Bertz CT molecular complexity index is 495. The fourth-order valence-corrected chi connectivity index (χ4v) is 5.20. The molecule has 5 nitrogen and oxygen atoms in total. The molecule has 0 aromatic carbocycles. The number of unbranched alkanes of at least 4 members (excludes halogenated alkanes) is 3. The van der Waals surface area contributed by atoms with E-state index in [-0.39, 0.29) is 30.5 Å². The lowest BCUT2D eigenvalue weighted by Gasteiger charge is -2.28. The second-order valence-corrected chi connectivity index (χ2v) is 9.58. The van der Waals surface area contributed by atoms with Gasteiger partial charge in [0.1, 0.15) is 5.78 Å². The number of hydrogen-bond acceptors (Lipinski definition) is 4. The number of aliphatic hydroxyl groups is 2. The monoisotopic (exact) mass is 396 g/mol. The van der Waals surface area contributed by atoms with Gasteiger partial charge in [0.2, 0.25) is 0 Å². The van der Waals surface area contributed by atoms with Gasteiger partial charge >= 0.3 is 5.97 Å². The third-order valence-corrected chi connectivity index (χ3v) is 7.07. The lowest BCUT2D eigenvalue weighted by molar-refractivity contribution is -0.137. The molecule has 0 heterocycles. The van der Waals surface area contributed by atoms with Gasteiger partial charge in [-0.1, -0.05) is 44.9 Å². The fourth-order valence-electron chi connectivity index (χ4n) is 5.20. The Morgan fingerprint density at radius 3 is 2.36 bits per heavy atom. The van der Waals surface area contributed by atoms with Crippen LogP contribution in [-0.2, 0) is 9.59 Å². The Labute approximate surface area is 169 Å². The number of carbonyl (C=O) groups is 2. The van der Waals surface area contributed by atoms with E-state index >= 15 is 0 Å². The van der Waals surface area contributed by atoms with E-state index in [0.29, 0.717) is 19.3 Å². The Hall–Kier alpha value is -0.940. The summed E-state index contributed by atoms with van der Waals surface area (Å²) in [6.45, 7) is 1.91. The molecule has 2 rings (SSSR count). The van der Waals surface area contributed by atoms with E-state index in [2.05, 4.69) is 0 Å². The van der Waals surface area contributed by atoms with Crippen LogP contribution in [0.2, 0.25) is 0 Å². The molecule has 0 radical (unpaired) electrons. The number of aliphatic carboxylic acids is 1. The van der Waals surface area contributed by atoms with E-state index in [4.69, 9.17) is 5.11 Å².